The van der Waals surface area contributed by atoms with Crippen LogP contribution in [0.15, 0.2) is 30.5 Å². The quantitative estimate of drug-likeness (QED) is 0.327. The highest BCUT2D eigenvalue weighted by molar-refractivity contribution is 6.62. The second-order valence-corrected chi connectivity index (χ2v) is 10.3. The summed E-state index contributed by atoms with van der Waals surface area (Å²) in [5.41, 5.74) is 2.40. The third-order valence-electron chi connectivity index (χ3n) is 7.33. The number of carbonyl (C=O) groups is 1. The number of imidazole rings is 1. The second kappa shape index (κ2) is 9.99. The van der Waals surface area contributed by atoms with Gasteiger partial charge >= 0.3 is 7.12 Å². The molecule has 2 saturated heterocycles. The summed E-state index contributed by atoms with van der Waals surface area (Å²) in [4.78, 5) is 18.9. The van der Waals surface area contributed by atoms with Crippen molar-refractivity contribution in [1.29, 1.82) is 0 Å². The normalized spacial score (nSPS) is 22.4. The molecule has 7 nitrogen and oxygen atoms in total. The van der Waals surface area contributed by atoms with Crippen molar-refractivity contribution in [1.82, 2.24) is 15.3 Å². The fourth-order valence-corrected chi connectivity index (χ4v) is 4.54. The number of carbonyl (C=O) groups excluding carboxylic acids is 1. The zero-order valence-electron chi connectivity index (χ0n) is 20.2. The highest BCUT2D eigenvalue weighted by Crippen LogP contribution is 2.36. The van der Waals surface area contributed by atoms with Gasteiger partial charge in [-0.25, -0.2) is 4.98 Å². The number of hydrogen-bond acceptors (Lipinski definition) is 5. The van der Waals surface area contributed by atoms with Gasteiger partial charge in [0.15, 0.2) is 0 Å². The first-order valence-electron chi connectivity index (χ1n) is 12.0. The summed E-state index contributed by atoms with van der Waals surface area (Å²) in [6.45, 7) is 10.6. The lowest BCUT2D eigenvalue weighted by Crippen LogP contribution is -2.41. The third-order valence-corrected chi connectivity index (χ3v) is 7.33. The van der Waals surface area contributed by atoms with E-state index in [1.807, 2.05) is 6.20 Å². The van der Waals surface area contributed by atoms with E-state index in [4.69, 9.17) is 19.0 Å². The Hall–Kier alpha value is -2.16. The van der Waals surface area contributed by atoms with Gasteiger partial charge in [0.2, 0.25) is 6.41 Å². The molecule has 2 aliphatic heterocycles. The summed E-state index contributed by atoms with van der Waals surface area (Å²) in [5.74, 6) is 1.91. The number of ether oxygens (including phenoxy) is 1. The molecule has 2 fully saturated rings. The Morgan fingerprint density at radius 1 is 1.21 bits per heavy atom. The van der Waals surface area contributed by atoms with Crippen molar-refractivity contribution in [3.05, 3.63) is 36.3 Å². The van der Waals surface area contributed by atoms with Crippen LogP contribution in [0.1, 0.15) is 65.1 Å². The van der Waals surface area contributed by atoms with Crippen molar-refractivity contribution in [3.63, 3.8) is 0 Å². The van der Waals surface area contributed by atoms with Crippen LogP contribution >= 0.6 is 0 Å². The zero-order chi connectivity index (χ0) is 23.5. The van der Waals surface area contributed by atoms with Gasteiger partial charge in [0, 0.05) is 25.7 Å². The summed E-state index contributed by atoms with van der Waals surface area (Å²) in [6.07, 6.45) is 6.74. The van der Waals surface area contributed by atoms with Crippen LogP contribution in [-0.4, -0.2) is 54.5 Å². The minimum Gasteiger partial charge on any atom is -0.399 e. The molecule has 3 heterocycles. The number of aromatic nitrogens is 2. The number of H-pyrrole nitrogens is 1. The SMILES string of the molecule is CC1(C)OB(c2ccc(-c3cnc(C(CCCNC=O)CC4CCOC4)[nH]3)cc2)OC1(C)C. The predicted octanol–water partition coefficient (Wildman–Crippen LogP) is 3.41. The van der Waals surface area contributed by atoms with Crippen LogP contribution in [0.25, 0.3) is 11.3 Å². The number of amides is 1. The van der Waals surface area contributed by atoms with E-state index >= 15 is 0 Å². The first-order chi connectivity index (χ1) is 15.8. The van der Waals surface area contributed by atoms with Crippen LogP contribution in [0.2, 0.25) is 0 Å². The molecule has 178 valence electrons. The Morgan fingerprint density at radius 2 is 1.94 bits per heavy atom. The van der Waals surface area contributed by atoms with Gasteiger partial charge in [0.1, 0.15) is 5.82 Å². The molecule has 33 heavy (non-hydrogen) atoms. The van der Waals surface area contributed by atoms with Crippen molar-refractivity contribution in [3.8, 4) is 11.3 Å². The largest absolute Gasteiger partial charge is 0.494 e. The molecule has 0 radical (unpaired) electrons. The van der Waals surface area contributed by atoms with E-state index in [2.05, 4.69) is 62.3 Å². The van der Waals surface area contributed by atoms with Gasteiger partial charge in [-0.1, -0.05) is 24.3 Å². The average molecular weight is 453 g/mol. The molecule has 0 saturated carbocycles. The van der Waals surface area contributed by atoms with Gasteiger partial charge in [-0.3, -0.25) is 4.79 Å². The van der Waals surface area contributed by atoms with Crippen LogP contribution in [0.5, 0.6) is 0 Å². The molecule has 0 bridgehead atoms. The first-order valence-corrected chi connectivity index (χ1v) is 12.0. The van der Waals surface area contributed by atoms with E-state index in [9.17, 15) is 4.79 Å². The van der Waals surface area contributed by atoms with Crippen molar-refractivity contribution in [2.75, 3.05) is 19.8 Å². The maximum absolute atomic E-state index is 10.6. The molecule has 1 amide bonds. The maximum atomic E-state index is 10.6. The first kappa shape index (κ1) is 24.0. The van der Waals surface area contributed by atoms with Gasteiger partial charge < -0.3 is 24.3 Å². The third kappa shape index (κ3) is 5.50. The van der Waals surface area contributed by atoms with E-state index in [-0.39, 0.29) is 18.3 Å². The van der Waals surface area contributed by atoms with Gasteiger partial charge in [0.25, 0.3) is 0 Å². The Balaban J connectivity index is 1.45. The minimum absolute atomic E-state index is 0.322. The lowest BCUT2D eigenvalue weighted by Gasteiger charge is -2.32. The number of nitrogens with zero attached hydrogens (tertiary/aromatic N) is 1. The van der Waals surface area contributed by atoms with Gasteiger partial charge in [-0.2, -0.15) is 0 Å². The van der Waals surface area contributed by atoms with Gasteiger partial charge in [-0.05, 0) is 70.3 Å². The lowest BCUT2D eigenvalue weighted by molar-refractivity contribution is -0.109. The Bertz CT molecular complexity index is 906. The van der Waals surface area contributed by atoms with E-state index in [0.717, 1.165) is 67.9 Å². The second-order valence-electron chi connectivity index (χ2n) is 10.3. The van der Waals surface area contributed by atoms with Crippen molar-refractivity contribution in [2.24, 2.45) is 5.92 Å². The van der Waals surface area contributed by atoms with Crippen molar-refractivity contribution in [2.45, 2.75) is 70.5 Å². The summed E-state index contributed by atoms with van der Waals surface area (Å²) in [7, 11) is -0.362. The fraction of sp³-hybridized carbons (Fsp3) is 0.600. The number of rotatable bonds is 10. The lowest BCUT2D eigenvalue weighted by atomic mass is 9.79. The minimum atomic E-state index is -0.362. The Kier molecular flexibility index (Phi) is 7.26. The zero-order valence-corrected chi connectivity index (χ0v) is 20.2. The molecule has 8 heteroatoms. The monoisotopic (exact) mass is 453 g/mol. The summed E-state index contributed by atoms with van der Waals surface area (Å²) in [5, 5.41) is 2.76. The van der Waals surface area contributed by atoms with Crippen LogP contribution in [0.4, 0.5) is 0 Å². The molecule has 1 aromatic heterocycles. The van der Waals surface area contributed by atoms with Gasteiger partial charge in [-0.15, -0.1) is 0 Å². The van der Waals surface area contributed by atoms with Crippen LogP contribution < -0.4 is 10.8 Å². The van der Waals surface area contributed by atoms with Gasteiger partial charge in [0.05, 0.1) is 23.1 Å². The molecule has 0 spiro atoms. The van der Waals surface area contributed by atoms with Crippen molar-refractivity contribution >= 4 is 19.0 Å². The summed E-state index contributed by atoms with van der Waals surface area (Å²) >= 11 is 0. The molecule has 0 aliphatic carbocycles. The van der Waals surface area contributed by atoms with Crippen LogP contribution in [0.3, 0.4) is 0 Å². The van der Waals surface area contributed by atoms with Crippen LogP contribution in [0, 0.1) is 5.92 Å². The topological polar surface area (TPSA) is 85.5 Å². The Labute approximate surface area is 197 Å². The molecular weight excluding hydrogens is 417 g/mol. The van der Waals surface area contributed by atoms with E-state index in [0.29, 0.717) is 18.4 Å². The molecule has 2 N–H and O–H groups in total. The van der Waals surface area contributed by atoms with Crippen LogP contribution in [-0.2, 0) is 18.8 Å². The maximum Gasteiger partial charge on any atom is 0.494 e. The molecule has 2 aliphatic rings. The average Bonchev–Trinajstić information content (AvgIpc) is 3.51. The highest BCUT2D eigenvalue weighted by atomic mass is 16.7. The van der Waals surface area contributed by atoms with E-state index in [1.165, 1.54) is 0 Å². The number of aromatic amines is 1. The summed E-state index contributed by atoms with van der Waals surface area (Å²) in [6, 6.07) is 8.31. The Morgan fingerprint density at radius 3 is 2.58 bits per heavy atom. The fourth-order valence-electron chi connectivity index (χ4n) is 4.54. The van der Waals surface area contributed by atoms with E-state index < -0.39 is 0 Å². The molecule has 2 aromatic rings. The molecule has 4 rings (SSSR count). The smallest absolute Gasteiger partial charge is 0.399 e. The molecular formula is C25H36BN3O4. The molecule has 1 aromatic carbocycles. The standard InChI is InChI=1S/C25H36BN3O4/c1-24(2)25(3,4)33-26(32-24)21-9-7-19(8-10-21)22-15-28-23(29-22)20(6-5-12-27-17-30)14-18-11-13-31-16-18/h7-10,15,17-18,20H,5-6,11-14,16H2,1-4H3,(H,27,30)(H,28,29). The predicted molar refractivity (Wildman–Crippen MR) is 129 cm³/mol. The van der Waals surface area contributed by atoms with Crippen molar-refractivity contribution < 1.29 is 18.8 Å². The number of hydrogen-bond donors (Lipinski definition) is 2. The molecule has 2 atom stereocenters. The number of benzene rings is 1. The highest BCUT2D eigenvalue weighted by Gasteiger charge is 2.51. The summed E-state index contributed by atoms with van der Waals surface area (Å²) < 4.78 is 17.9. The van der Waals surface area contributed by atoms with E-state index in [1.54, 1.807) is 0 Å². The molecule has 2 unspecified atom stereocenters. The number of nitrogens with one attached hydrogen (secondary N) is 2.